The van der Waals surface area contributed by atoms with E-state index in [1.165, 1.54) is 0 Å². The smallest absolute Gasteiger partial charge is 0.224 e. The summed E-state index contributed by atoms with van der Waals surface area (Å²) in [6, 6.07) is 7.80. The molecule has 1 aliphatic heterocycles. The molecule has 1 aromatic heterocycles. The summed E-state index contributed by atoms with van der Waals surface area (Å²) in [4.78, 5) is 23.7. The van der Waals surface area contributed by atoms with E-state index in [1.54, 1.807) is 25.3 Å². The first-order valence-electron chi connectivity index (χ1n) is 8.95. The predicted octanol–water partition coefficient (Wildman–Crippen LogP) is 1.43. The van der Waals surface area contributed by atoms with Crippen molar-refractivity contribution in [1.82, 2.24) is 14.9 Å². The topological polar surface area (TPSA) is 79.8 Å². The summed E-state index contributed by atoms with van der Waals surface area (Å²) in [6.45, 7) is 3.70. The Morgan fingerprint density at radius 2 is 1.89 bits per heavy atom. The average molecular weight is 371 g/mol. The lowest BCUT2D eigenvalue weighted by atomic mass is 10.1. The number of anilines is 2. The molecule has 27 heavy (non-hydrogen) atoms. The average Bonchev–Trinajstić information content (AvgIpc) is 2.74. The van der Waals surface area contributed by atoms with Crippen LogP contribution in [0.4, 0.5) is 11.8 Å². The quantitative estimate of drug-likeness (QED) is 0.703. The summed E-state index contributed by atoms with van der Waals surface area (Å²) in [5.41, 5.74) is 1.14. The molecule has 0 atom stereocenters. The third-order valence-corrected chi connectivity index (χ3v) is 4.57. The van der Waals surface area contributed by atoms with Gasteiger partial charge in [0.25, 0.3) is 0 Å². The van der Waals surface area contributed by atoms with Crippen LogP contribution in [0.3, 0.4) is 0 Å². The van der Waals surface area contributed by atoms with E-state index in [4.69, 9.17) is 9.47 Å². The molecule has 0 bridgehead atoms. The number of nitrogens with zero attached hydrogens (tertiary/aromatic N) is 4. The zero-order chi connectivity index (χ0) is 19.1. The van der Waals surface area contributed by atoms with Crippen molar-refractivity contribution in [2.45, 2.75) is 6.42 Å². The molecule has 8 heteroatoms. The third-order valence-electron chi connectivity index (χ3n) is 4.57. The molecule has 2 heterocycles. The van der Waals surface area contributed by atoms with Gasteiger partial charge in [-0.15, -0.1) is 0 Å². The standard InChI is InChI=1S/C19H25N5O3/c1-26-16-4-3-15(13-17(16)27-2)5-7-20-19-21-8-6-18(22-19)24-11-9-23(14-25)10-12-24/h3-4,6,8,13-14H,5,7,9-12H2,1-2H3,(H,20,21,22). The number of carbonyl (C=O) groups excluding carboxylic acids is 1. The SMILES string of the molecule is COc1ccc(CCNc2nccc(N3CCN(C=O)CC3)n2)cc1OC. The van der Waals surface area contributed by atoms with Crippen LogP contribution in [0, 0.1) is 0 Å². The molecule has 1 amide bonds. The molecule has 1 aromatic carbocycles. The van der Waals surface area contributed by atoms with Crippen LogP contribution in [0.2, 0.25) is 0 Å². The normalized spacial score (nSPS) is 14.0. The fraction of sp³-hybridized carbons (Fsp3) is 0.421. The first-order chi connectivity index (χ1) is 13.2. The van der Waals surface area contributed by atoms with Crippen molar-refractivity contribution >= 4 is 18.2 Å². The first-order valence-corrected chi connectivity index (χ1v) is 8.95. The molecule has 1 saturated heterocycles. The lowest BCUT2D eigenvalue weighted by molar-refractivity contribution is -0.118. The summed E-state index contributed by atoms with van der Waals surface area (Å²) in [6.07, 6.45) is 3.47. The minimum Gasteiger partial charge on any atom is -0.493 e. The largest absolute Gasteiger partial charge is 0.493 e. The number of ether oxygens (including phenoxy) is 2. The van der Waals surface area contributed by atoms with Crippen LogP contribution in [0.15, 0.2) is 30.5 Å². The van der Waals surface area contributed by atoms with E-state index in [-0.39, 0.29) is 0 Å². The number of hydrogen-bond donors (Lipinski definition) is 1. The van der Waals surface area contributed by atoms with Crippen molar-refractivity contribution < 1.29 is 14.3 Å². The Morgan fingerprint density at radius 3 is 2.59 bits per heavy atom. The summed E-state index contributed by atoms with van der Waals surface area (Å²) in [5, 5.41) is 3.27. The molecular weight excluding hydrogens is 346 g/mol. The Hall–Kier alpha value is -3.03. The van der Waals surface area contributed by atoms with Crippen molar-refractivity contribution in [3.63, 3.8) is 0 Å². The fourth-order valence-corrected chi connectivity index (χ4v) is 3.02. The van der Waals surface area contributed by atoms with E-state index < -0.39 is 0 Å². The number of nitrogens with one attached hydrogen (secondary N) is 1. The minimum atomic E-state index is 0.603. The molecule has 2 aromatic rings. The maximum atomic E-state index is 10.8. The second kappa shape index (κ2) is 9.07. The molecular formula is C19H25N5O3. The first kappa shape index (κ1) is 18.8. The van der Waals surface area contributed by atoms with Crippen LogP contribution in [0.5, 0.6) is 11.5 Å². The summed E-state index contributed by atoms with van der Waals surface area (Å²) < 4.78 is 10.6. The van der Waals surface area contributed by atoms with Gasteiger partial charge in [-0.1, -0.05) is 6.07 Å². The number of piperazine rings is 1. The summed E-state index contributed by atoms with van der Waals surface area (Å²) >= 11 is 0. The van der Waals surface area contributed by atoms with Gasteiger partial charge in [-0.2, -0.15) is 4.98 Å². The second-order valence-electron chi connectivity index (χ2n) is 6.23. The molecule has 1 aliphatic rings. The Bertz CT molecular complexity index is 763. The molecule has 0 saturated carbocycles. The van der Waals surface area contributed by atoms with Crippen molar-refractivity contribution in [2.24, 2.45) is 0 Å². The molecule has 8 nitrogen and oxygen atoms in total. The van der Waals surface area contributed by atoms with Crippen LogP contribution in [-0.4, -0.2) is 68.2 Å². The number of hydrogen-bond acceptors (Lipinski definition) is 7. The lowest BCUT2D eigenvalue weighted by Crippen LogP contribution is -2.46. The van der Waals surface area contributed by atoms with Gasteiger partial charge in [0.2, 0.25) is 12.4 Å². The number of benzene rings is 1. The minimum absolute atomic E-state index is 0.603. The molecule has 0 spiro atoms. The van der Waals surface area contributed by atoms with Crippen LogP contribution in [-0.2, 0) is 11.2 Å². The van der Waals surface area contributed by atoms with Gasteiger partial charge in [-0.3, -0.25) is 4.79 Å². The van der Waals surface area contributed by atoms with Gasteiger partial charge in [-0.05, 0) is 30.2 Å². The van der Waals surface area contributed by atoms with Gasteiger partial charge in [0, 0.05) is 38.9 Å². The molecule has 1 N–H and O–H groups in total. The molecule has 1 fully saturated rings. The van der Waals surface area contributed by atoms with E-state index in [2.05, 4.69) is 20.2 Å². The van der Waals surface area contributed by atoms with E-state index in [0.29, 0.717) is 12.5 Å². The van der Waals surface area contributed by atoms with Crippen LogP contribution < -0.4 is 19.7 Å². The molecule has 0 aliphatic carbocycles. The van der Waals surface area contributed by atoms with Crippen molar-refractivity contribution in [3.05, 3.63) is 36.0 Å². The lowest BCUT2D eigenvalue weighted by Gasteiger charge is -2.33. The van der Waals surface area contributed by atoms with Crippen molar-refractivity contribution in [2.75, 3.05) is 57.2 Å². The Balaban J connectivity index is 1.55. The number of methoxy groups -OCH3 is 2. The second-order valence-corrected chi connectivity index (χ2v) is 6.23. The van der Waals surface area contributed by atoms with Gasteiger partial charge in [0.05, 0.1) is 14.2 Å². The molecule has 0 radical (unpaired) electrons. The Labute approximate surface area is 159 Å². The number of rotatable bonds is 8. The zero-order valence-corrected chi connectivity index (χ0v) is 15.7. The van der Waals surface area contributed by atoms with Crippen LogP contribution >= 0.6 is 0 Å². The van der Waals surface area contributed by atoms with Gasteiger partial charge < -0.3 is 24.6 Å². The number of amides is 1. The summed E-state index contributed by atoms with van der Waals surface area (Å²) in [5.74, 6) is 2.93. The highest BCUT2D eigenvalue weighted by atomic mass is 16.5. The van der Waals surface area contributed by atoms with Gasteiger partial charge >= 0.3 is 0 Å². The highest BCUT2D eigenvalue weighted by molar-refractivity contribution is 5.49. The van der Waals surface area contributed by atoms with E-state index in [9.17, 15) is 4.79 Å². The molecule has 0 unspecified atom stereocenters. The third kappa shape index (κ3) is 4.78. The van der Waals surface area contributed by atoms with Gasteiger partial charge in [-0.25, -0.2) is 4.98 Å². The zero-order valence-electron chi connectivity index (χ0n) is 15.7. The molecule has 3 rings (SSSR count). The Morgan fingerprint density at radius 1 is 1.11 bits per heavy atom. The van der Waals surface area contributed by atoms with Crippen molar-refractivity contribution in [1.29, 1.82) is 0 Å². The van der Waals surface area contributed by atoms with Crippen LogP contribution in [0.25, 0.3) is 0 Å². The van der Waals surface area contributed by atoms with E-state index in [1.807, 2.05) is 24.3 Å². The highest BCUT2D eigenvalue weighted by Gasteiger charge is 2.17. The van der Waals surface area contributed by atoms with Gasteiger partial charge in [0.1, 0.15) is 5.82 Å². The number of aromatic nitrogens is 2. The van der Waals surface area contributed by atoms with Crippen molar-refractivity contribution in [3.8, 4) is 11.5 Å². The summed E-state index contributed by atoms with van der Waals surface area (Å²) in [7, 11) is 3.26. The molecule has 144 valence electrons. The number of carbonyl (C=O) groups is 1. The van der Waals surface area contributed by atoms with Crippen LogP contribution in [0.1, 0.15) is 5.56 Å². The highest BCUT2D eigenvalue weighted by Crippen LogP contribution is 2.27. The Kier molecular flexibility index (Phi) is 6.30. The maximum absolute atomic E-state index is 10.8. The van der Waals surface area contributed by atoms with Gasteiger partial charge in [0.15, 0.2) is 11.5 Å². The monoisotopic (exact) mass is 371 g/mol. The van der Waals surface area contributed by atoms with E-state index >= 15 is 0 Å². The van der Waals surface area contributed by atoms with E-state index in [0.717, 1.165) is 61.9 Å². The maximum Gasteiger partial charge on any atom is 0.224 e. The fourth-order valence-electron chi connectivity index (χ4n) is 3.02. The predicted molar refractivity (Wildman–Crippen MR) is 104 cm³/mol.